The van der Waals surface area contributed by atoms with Crippen molar-refractivity contribution >= 4 is 22.4 Å². The van der Waals surface area contributed by atoms with E-state index in [-0.39, 0.29) is 5.91 Å². The molecule has 0 fully saturated rings. The first-order valence-electron chi connectivity index (χ1n) is 7.81. The molecule has 0 aliphatic carbocycles. The number of rotatable bonds is 6. The summed E-state index contributed by atoms with van der Waals surface area (Å²) in [7, 11) is 3.36. The molecule has 3 rings (SSSR count). The Balaban J connectivity index is 1.66. The Morgan fingerprint density at radius 3 is 2.68 bits per heavy atom. The monoisotopic (exact) mass is 354 g/mol. The number of ether oxygens (including phenoxy) is 1. The Morgan fingerprint density at radius 2 is 1.92 bits per heavy atom. The third-order valence-electron chi connectivity index (χ3n) is 3.80. The Kier molecular flexibility index (Phi) is 5.35. The van der Waals surface area contributed by atoms with E-state index >= 15 is 0 Å². The van der Waals surface area contributed by atoms with Gasteiger partial charge < -0.3 is 4.74 Å². The number of amides is 1. The predicted molar refractivity (Wildman–Crippen MR) is 97.9 cm³/mol. The van der Waals surface area contributed by atoms with Crippen molar-refractivity contribution in [3.63, 3.8) is 0 Å². The van der Waals surface area contributed by atoms with Gasteiger partial charge in [0, 0.05) is 31.4 Å². The van der Waals surface area contributed by atoms with Gasteiger partial charge in [0.05, 0.1) is 7.11 Å². The molecule has 7 heteroatoms. The highest BCUT2D eigenvalue weighted by atomic mass is 32.1. The molecule has 0 unspecified atom stereocenters. The molecular weight excluding hydrogens is 336 g/mol. The second-order valence-corrected chi connectivity index (χ2v) is 6.35. The minimum absolute atomic E-state index is 0.0108. The van der Waals surface area contributed by atoms with Gasteiger partial charge in [0.25, 0.3) is 0 Å². The molecule has 1 amide bonds. The topological polar surface area (TPSA) is 68.2 Å². The predicted octanol–water partition coefficient (Wildman–Crippen LogP) is 3.20. The average Bonchev–Trinajstić information content (AvgIpc) is 3.16. The van der Waals surface area contributed by atoms with Crippen molar-refractivity contribution < 1.29 is 9.53 Å². The van der Waals surface area contributed by atoms with Gasteiger partial charge in [-0.2, -0.15) is 0 Å². The van der Waals surface area contributed by atoms with Crippen LogP contribution in [0.5, 0.6) is 5.75 Å². The number of aryl methyl sites for hydroxylation is 1. The van der Waals surface area contributed by atoms with Crippen molar-refractivity contribution in [3.05, 3.63) is 54.4 Å². The molecule has 0 saturated heterocycles. The van der Waals surface area contributed by atoms with Gasteiger partial charge in [-0.05, 0) is 30.2 Å². The second kappa shape index (κ2) is 7.85. The maximum Gasteiger partial charge on any atom is 0.228 e. The van der Waals surface area contributed by atoms with Gasteiger partial charge in [-0.3, -0.25) is 14.7 Å². The van der Waals surface area contributed by atoms with Crippen molar-refractivity contribution in [1.82, 2.24) is 15.2 Å². The molecule has 0 saturated carbocycles. The highest BCUT2D eigenvalue weighted by Gasteiger charge is 2.17. The highest BCUT2D eigenvalue weighted by Crippen LogP contribution is 2.28. The SMILES string of the molecule is COc1ccccc1CCC(=O)N(C)c1nnc(-c2ccncc2)s1. The van der Waals surface area contributed by atoms with E-state index in [1.165, 1.54) is 11.3 Å². The quantitative estimate of drug-likeness (QED) is 0.680. The Bertz CT molecular complexity index is 851. The second-order valence-electron chi connectivity index (χ2n) is 5.39. The summed E-state index contributed by atoms with van der Waals surface area (Å²) in [4.78, 5) is 18.0. The van der Waals surface area contributed by atoms with Crippen LogP contribution in [0.2, 0.25) is 0 Å². The first-order chi connectivity index (χ1) is 12.2. The minimum atomic E-state index is -0.0108. The van der Waals surface area contributed by atoms with Crippen molar-refractivity contribution in [1.29, 1.82) is 0 Å². The number of carbonyl (C=O) groups is 1. The number of hydrogen-bond acceptors (Lipinski definition) is 6. The molecule has 0 atom stereocenters. The van der Waals surface area contributed by atoms with E-state index in [4.69, 9.17) is 4.74 Å². The van der Waals surface area contributed by atoms with Gasteiger partial charge in [-0.1, -0.05) is 29.5 Å². The van der Waals surface area contributed by atoms with E-state index in [1.807, 2.05) is 36.4 Å². The minimum Gasteiger partial charge on any atom is -0.496 e. The fourth-order valence-corrected chi connectivity index (χ4v) is 3.22. The zero-order chi connectivity index (χ0) is 17.6. The summed E-state index contributed by atoms with van der Waals surface area (Å²) in [5, 5.41) is 9.64. The molecule has 6 nitrogen and oxygen atoms in total. The van der Waals surface area contributed by atoms with Crippen LogP contribution in [0.25, 0.3) is 10.6 Å². The van der Waals surface area contributed by atoms with E-state index in [1.54, 1.807) is 31.5 Å². The number of anilines is 1. The number of pyridine rings is 1. The molecule has 0 aliphatic rings. The molecule has 2 aromatic heterocycles. The summed E-state index contributed by atoms with van der Waals surface area (Å²) in [6, 6.07) is 11.5. The number of methoxy groups -OCH3 is 1. The van der Waals surface area contributed by atoms with E-state index in [0.29, 0.717) is 18.0 Å². The van der Waals surface area contributed by atoms with Gasteiger partial charge in [0.15, 0.2) is 0 Å². The number of para-hydroxylation sites is 1. The molecule has 0 radical (unpaired) electrons. The molecule has 3 aromatic rings. The number of nitrogens with zero attached hydrogens (tertiary/aromatic N) is 4. The number of aromatic nitrogens is 3. The third kappa shape index (κ3) is 4.00. The fourth-order valence-electron chi connectivity index (χ4n) is 2.39. The standard InChI is InChI=1S/C18H18N4O2S/c1-22(16(23)8-7-13-5-3-4-6-15(13)24-2)18-21-20-17(25-18)14-9-11-19-12-10-14/h3-6,9-12H,7-8H2,1-2H3. The summed E-state index contributed by atoms with van der Waals surface area (Å²) in [6.45, 7) is 0. The van der Waals surface area contributed by atoms with Crippen LogP contribution in [-0.4, -0.2) is 35.2 Å². The fraction of sp³-hybridized carbons (Fsp3) is 0.222. The van der Waals surface area contributed by atoms with Crippen LogP contribution in [0.15, 0.2) is 48.8 Å². The van der Waals surface area contributed by atoms with Crippen LogP contribution in [-0.2, 0) is 11.2 Å². The van der Waals surface area contributed by atoms with E-state index < -0.39 is 0 Å². The van der Waals surface area contributed by atoms with E-state index in [9.17, 15) is 4.79 Å². The number of carbonyl (C=O) groups excluding carboxylic acids is 1. The lowest BCUT2D eigenvalue weighted by Crippen LogP contribution is -2.26. The zero-order valence-corrected chi connectivity index (χ0v) is 14.9. The van der Waals surface area contributed by atoms with Gasteiger partial charge >= 0.3 is 0 Å². The van der Waals surface area contributed by atoms with Crippen LogP contribution in [0, 0.1) is 0 Å². The Morgan fingerprint density at radius 1 is 1.16 bits per heavy atom. The maximum atomic E-state index is 12.5. The summed E-state index contributed by atoms with van der Waals surface area (Å²) < 4.78 is 5.32. The van der Waals surface area contributed by atoms with Gasteiger partial charge in [0.2, 0.25) is 11.0 Å². The van der Waals surface area contributed by atoms with Crippen LogP contribution in [0.3, 0.4) is 0 Å². The summed E-state index contributed by atoms with van der Waals surface area (Å²) >= 11 is 1.38. The molecule has 0 spiro atoms. The van der Waals surface area contributed by atoms with Crippen LogP contribution < -0.4 is 9.64 Å². The average molecular weight is 354 g/mol. The third-order valence-corrected chi connectivity index (χ3v) is 4.85. The smallest absolute Gasteiger partial charge is 0.228 e. The molecule has 2 heterocycles. The Hall–Kier alpha value is -2.80. The van der Waals surface area contributed by atoms with Crippen molar-refractivity contribution in [2.24, 2.45) is 0 Å². The molecule has 25 heavy (non-hydrogen) atoms. The lowest BCUT2D eigenvalue weighted by molar-refractivity contribution is -0.118. The first-order valence-corrected chi connectivity index (χ1v) is 8.63. The van der Waals surface area contributed by atoms with Crippen molar-refractivity contribution in [2.45, 2.75) is 12.8 Å². The first kappa shape index (κ1) is 17.0. The van der Waals surface area contributed by atoms with Crippen LogP contribution in [0.1, 0.15) is 12.0 Å². The Labute approximate surface area is 150 Å². The maximum absolute atomic E-state index is 12.5. The lowest BCUT2D eigenvalue weighted by Gasteiger charge is -2.13. The highest BCUT2D eigenvalue weighted by molar-refractivity contribution is 7.18. The molecule has 0 bridgehead atoms. The molecular formula is C18H18N4O2S. The van der Waals surface area contributed by atoms with Crippen LogP contribution in [0.4, 0.5) is 5.13 Å². The van der Waals surface area contributed by atoms with Crippen molar-refractivity contribution in [2.75, 3.05) is 19.1 Å². The van der Waals surface area contributed by atoms with Crippen molar-refractivity contribution in [3.8, 4) is 16.3 Å². The summed E-state index contributed by atoms with van der Waals surface area (Å²) in [6.07, 6.45) is 4.40. The van der Waals surface area contributed by atoms with Crippen LogP contribution >= 0.6 is 11.3 Å². The molecule has 0 N–H and O–H groups in total. The largest absolute Gasteiger partial charge is 0.496 e. The number of benzene rings is 1. The molecule has 1 aromatic carbocycles. The van der Waals surface area contributed by atoms with E-state index in [2.05, 4.69) is 15.2 Å². The van der Waals surface area contributed by atoms with Gasteiger partial charge in [-0.25, -0.2) is 0 Å². The molecule has 128 valence electrons. The lowest BCUT2D eigenvalue weighted by atomic mass is 10.1. The van der Waals surface area contributed by atoms with Gasteiger partial charge in [0.1, 0.15) is 10.8 Å². The summed E-state index contributed by atoms with van der Waals surface area (Å²) in [5.41, 5.74) is 1.95. The number of hydrogen-bond donors (Lipinski definition) is 0. The normalized spacial score (nSPS) is 10.5. The van der Waals surface area contributed by atoms with Gasteiger partial charge in [-0.15, -0.1) is 10.2 Å². The summed E-state index contributed by atoms with van der Waals surface area (Å²) in [5.74, 6) is 0.789. The zero-order valence-electron chi connectivity index (χ0n) is 14.0. The van der Waals surface area contributed by atoms with E-state index in [0.717, 1.165) is 21.9 Å². The molecule has 0 aliphatic heterocycles.